The second-order valence-electron chi connectivity index (χ2n) is 10.3. The highest BCUT2D eigenvalue weighted by atomic mass is 32.1. The Balaban J connectivity index is 1.45. The lowest BCUT2D eigenvalue weighted by atomic mass is 9.99. The van der Waals surface area contributed by atoms with Gasteiger partial charge in [-0.1, -0.05) is 48.5 Å². The number of anilines is 6. The second-order valence-corrected chi connectivity index (χ2v) is 14.0. The molecule has 44 heavy (non-hydrogen) atoms. The van der Waals surface area contributed by atoms with Crippen molar-refractivity contribution in [2.24, 2.45) is 0 Å². The zero-order chi connectivity index (χ0) is 29.0. The van der Waals surface area contributed by atoms with Gasteiger partial charge in [0.05, 0.1) is 22.4 Å². The van der Waals surface area contributed by atoms with Crippen molar-refractivity contribution in [3.8, 4) is 0 Å². The second kappa shape index (κ2) is 10.5. The number of benzene rings is 4. The van der Waals surface area contributed by atoms with E-state index < -0.39 is 0 Å². The Morgan fingerprint density at radius 3 is 1.00 bits per heavy atom. The quantitative estimate of drug-likeness (QED) is 0.134. The van der Waals surface area contributed by atoms with Crippen molar-refractivity contribution in [3.05, 3.63) is 131 Å². The molecule has 0 radical (unpaired) electrons. The van der Waals surface area contributed by atoms with Crippen LogP contribution >= 0.6 is 45.3 Å². The van der Waals surface area contributed by atoms with Crippen LogP contribution in [0.25, 0.3) is 43.6 Å². The van der Waals surface area contributed by atoms with Crippen LogP contribution in [-0.4, -0.2) is 9.97 Å². The molecular weight excluding hydrogens is 617 g/mol. The van der Waals surface area contributed by atoms with Crippen LogP contribution in [0.15, 0.2) is 131 Å². The number of hydrogen-bond acceptors (Lipinski definition) is 8. The molecule has 0 saturated heterocycles. The Hall–Kier alpha value is -4.60. The molecule has 0 saturated carbocycles. The van der Waals surface area contributed by atoms with Gasteiger partial charge in [-0.15, -0.1) is 45.3 Å². The lowest BCUT2D eigenvalue weighted by Crippen LogP contribution is -2.12. The van der Waals surface area contributed by atoms with Gasteiger partial charge in [-0.25, -0.2) is 9.97 Å². The van der Waals surface area contributed by atoms with Gasteiger partial charge in [0.15, 0.2) is 0 Å². The highest BCUT2D eigenvalue weighted by Gasteiger charge is 2.25. The highest BCUT2D eigenvalue weighted by Crippen LogP contribution is 2.48. The summed E-state index contributed by atoms with van der Waals surface area (Å²) in [6.45, 7) is 0. The minimum absolute atomic E-state index is 0.871. The maximum absolute atomic E-state index is 5.59. The molecule has 0 amide bonds. The van der Waals surface area contributed by atoms with E-state index >= 15 is 0 Å². The number of rotatable bonds is 6. The average molecular weight is 639 g/mol. The van der Waals surface area contributed by atoms with Crippen molar-refractivity contribution in [1.82, 2.24) is 9.97 Å². The van der Waals surface area contributed by atoms with Crippen LogP contribution in [0.3, 0.4) is 0 Å². The standard InChI is InChI=1S/C36H22N4S4/c1-3-11-25-23(9-1)24-10-2-4-12-26(24)34-33(25)37-35-27(39(29-13-5-19-41-29)30-14-6-20-42-30)17-18-28(36(35)38-34)40(31-15-7-21-43-31)32-16-8-22-44-32/h1-22H. The van der Waals surface area contributed by atoms with Crippen LogP contribution in [0.5, 0.6) is 0 Å². The van der Waals surface area contributed by atoms with Gasteiger partial charge in [-0.3, -0.25) is 9.80 Å². The Morgan fingerprint density at radius 1 is 0.341 bits per heavy atom. The Labute approximate surface area is 269 Å². The zero-order valence-electron chi connectivity index (χ0n) is 23.1. The van der Waals surface area contributed by atoms with Crippen molar-refractivity contribution in [2.75, 3.05) is 9.80 Å². The van der Waals surface area contributed by atoms with E-state index in [0.29, 0.717) is 0 Å². The molecule has 0 spiro atoms. The van der Waals surface area contributed by atoms with E-state index in [9.17, 15) is 0 Å². The first-order valence-electron chi connectivity index (χ1n) is 14.1. The van der Waals surface area contributed by atoms with Crippen LogP contribution < -0.4 is 9.80 Å². The molecule has 210 valence electrons. The van der Waals surface area contributed by atoms with Crippen LogP contribution in [0.4, 0.5) is 31.4 Å². The summed E-state index contributed by atoms with van der Waals surface area (Å²) < 4.78 is 0. The number of nitrogens with zero attached hydrogens (tertiary/aromatic N) is 4. The van der Waals surface area contributed by atoms with Gasteiger partial charge < -0.3 is 0 Å². The Morgan fingerprint density at radius 2 is 0.682 bits per heavy atom. The van der Waals surface area contributed by atoms with Gasteiger partial charge in [0.2, 0.25) is 0 Å². The lowest BCUT2D eigenvalue weighted by molar-refractivity contribution is 1.30. The van der Waals surface area contributed by atoms with Crippen molar-refractivity contribution in [2.45, 2.75) is 0 Å². The van der Waals surface area contributed by atoms with E-state index in [1.54, 1.807) is 45.3 Å². The summed E-state index contributed by atoms with van der Waals surface area (Å²) in [7, 11) is 0. The SMILES string of the molecule is c1csc(N(c2cccs2)c2ccc(N(c3cccs3)c3cccs3)c3nc4c5ccccc5c5ccccc5c4nc23)c1. The maximum atomic E-state index is 5.59. The third-order valence-corrected chi connectivity index (χ3v) is 11.2. The first-order chi connectivity index (χ1) is 21.8. The minimum Gasteiger partial charge on any atom is -0.291 e. The van der Waals surface area contributed by atoms with Crippen molar-refractivity contribution < 1.29 is 0 Å². The highest BCUT2D eigenvalue weighted by molar-refractivity contribution is 7.17. The summed E-state index contributed by atoms with van der Waals surface area (Å²) in [5.74, 6) is 0. The molecular formula is C36H22N4S4. The number of hydrogen-bond donors (Lipinski definition) is 0. The van der Waals surface area contributed by atoms with Crippen LogP contribution in [0.2, 0.25) is 0 Å². The van der Waals surface area contributed by atoms with Crippen molar-refractivity contribution in [3.63, 3.8) is 0 Å². The van der Waals surface area contributed by atoms with E-state index in [0.717, 1.165) is 64.2 Å². The largest absolute Gasteiger partial charge is 0.291 e. The Kier molecular flexibility index (Phi) is 6.19. The molecule has 4 nitrogen and oxygen atoms in total. The molecule has 9 rings (SSSR count). The van der Waals surface area contributed by atoms with E-state index in [4.69, 9.17) is 9.97 Å². The summed E-state index contributed by atoms with van der Waals surface area (Å²) in [5, 5.41) is 17.7. The van der Waals surface area contributed by atoms with E-state index in [2.05, 4.69) is 141 Å². The smallest absolute Gasteiger partial charge is 0.116 e. The van der Waals surface area contributed by atoms with Crippen LogP contribution in [-0.2, 0) is 0 Å². The van der Waals surface area contributed by atoms with Gasteiger partial charge in [0, 0.05) is 10.8 Å². The fourth-order valence-corrected chi connectivity index (χ4v) is 9.11. The van der Waals surface area contributed by atoms with Gasteiger partial charge >= 0.3 is 0 Å². The summed E-state index contributed by atoms with van der Waals surface area (Å²) in [5.41, 5.74) is 5.60. The molecule has 0 aliphatic carbocycles. The molecule has 4 aromatic carbocycles. The maximum Gasteiger partial charge on any atom is 0.116 e. The molecule has 9 aromatic rings. The van der Waals surface area contributed by atoms with Gasteiger partial charge in [0.1, 0.15) is 31.0 Å². The molecule has 0 aliphatic rings. The Bertz CT molecular complexity index is 2160. The van der Waals surface area contributed by atoms with E-state index in [1.807, 2.05) is 0 Å². The monoisotopic (exact) mass is 638 g/mol. The molecule has 0 aliphatic heterocycles. The molecule has 0 N–H and O–H groups in total. The first kappa shape index (κ1) is 25.9. The van der Waals surface area contributed by atoms with Crippen LogP contribution in [0.1, 0.15) is 0 Å². The van der Waals surface area contributed by atoms with E-state index in [-0.39, 0.29) is 0 Å². The number of thiophene rings is 4. The molecule has 0 fully saturated rings. The average Bonchev–Trinajstić information content (AvgIpc) is 3.92. The minimum atomic E-state index is 0.871. The third-order valence-electron chi connectivity index (χ3n) is 7.82. The van der Waals surface area contributed by atoms with Crippen molar-refractivity contribution >= 4 is 120 Å². The fraction of sp³-hybridized carbons (Fsp3) is 0. The molecule has 0 unspecified atom stereocenters. The number of fused-ring (bicyclic) bond motifs is 7. The van der Waals surface area contributed by atoms with Crippen molar-refractivity contribution in [1.29, 1.82) is 0 Å². The topological polar surface area (TPSA) is 32.3 Å². The molecule has 5 heterocycles. The van der Waals surface area contributed by atoms with Crippen LogP contribution in [0, 0.1) is 0 Å². The fourth-order valence-electron chi connectivity index (χ4n) is 5.97. The third kappa shape index (κ3) is 4.07. The van der Waals surface area contributed by atoms with Gasteiger partial charge in [-0.2, -0.15) is 0 Å². The van der Waals surface area contributed by atoms with E-state index in [1.165, 1.54) is 10.8 Å². The summed E-state index contributed by atoms with van der Waals surface area (Å²) in [6, 6.07) is 38.7. The van der Waals surface area contributed by atoms with Gasteiger partial charge in [-0.05, 0) is 93.0 Å². The molecule has 0 bridgehead atoms. The summed E-state index contributed by atoms with van der Waals surface area (Å²) in [4.78, 5) is 15.8. The summed E-state index contributed by atoms with van der Waals surface area (Å²) in [6.07, 6.45) is 0. The lowest BCUT2D eigenvalue weighted by Gasteiger charge is -2.27. The number of aromatic nitrogens is 2. The molecule has 5 aromatic heterocycles. The molecule has 8 heteroatoms. The predicted octanol–water partition coefficient (Wildman–Crippen LogP) is 12.3. The molecule has 0 atom stereocenters. The first-order valence-corrected chi connectivity index (χ1v) is 17.7. The normalized spacial score (nSPS) is 11.6. The summed E-state index contributed by atoms with van der Waals surface area (Å²) >= 11 is 6.90. The predicted molar refractivity (Wildman–Crippen MR) is 193 cm³/mol. The zero-order valence-corrected chi connectivity index (χ0v) is 26.4. The van der Waals surface area contributed by atoms with Gasteiger partial charge in [0.25, 0.3) is 0 Å².